The van der Waals surface area contributed by atoms with Crippen molar-refractivity contribution in [2.75, 3.05) is 0 Å². The molecule has 0 fully saturated rings. The van der Waals surface area contributed by atoms with E-state index in [9.17, 15) is 9.90 Å². The highest BCUT2D eigenvalue weighted by Gasteiger charge is 2.15. The van der Waals surface area contributed by atoms with Crippen LogP contribution in [0.25, 0.3) is 22.4 Å². The van der Waals surface area contributed by atoms with E-state index in [0.29, 0.717) is 11.3 Å². The Morgan fingerprint density at radius 1 is 0.905 bits per heavy atom. The predicted molar refractivity (Wildman–Crippen MR) is 77.7 cm³/mol. The van der Waals surface area contributed by atoms with Crippen molar-refractivity contribution < 1.29 is 9.90 Å². The van der Waals surface area contributed by atoms with Gasteiger partial charge in [-0.2, -0.15) is 0 Å². The van der Waals surface area contributed by atoms with Gasteiger partial charge in [-0.25, -0.2) is 4.79 Å². The molecule has 5 heteroatoms. The zero-order chi connectivity index (χ0) is 14.7. The fraction of sp³-hybridized carbons (Fsp3) is 0. The van der Waals surface area contributed by atoms with Crippen molar-refractivity contribution in [1.82, 2.24) is 15.0 Å². The van der Waals surface area contributed by atoms with Crippen LogP contribution in [0.2, 0.25) is 0 Å². The minimum absolute atomic E-state index is 0.197. The van der Waals surface area contributed by atoms with Gasteiger partial charge in [-0.05, 0) is 24.3 Å². The van der Waals surface area contributed by atoms with Crippen LogP contribution in [0.5, 0.6) is 0 Å². The summed E-state index contributed by atoms with van der Waals surface area (Å²) in [6, 6.07) is 8.79. The van der Waals surface area contributed by atoms with Gasteiger partial charge in [0, 0.05) is 47.7 Å². The Morgan fingerprint density at radius 3 is 2.48 bits per heavy atom. The van der Waals surface area contributed by atoms with Gasteiger partial charge >= 0.3 is 5.97 Å². The molecule has 1 N–H and O–H groups in total. The lowest BCUT2D eigenvalue weighted by molar-refractivity contribution is 0.0697. The van der Waals surface area contributed by atoms with E-state index in [1.165, 1.54) is 12.3 Å². The van der Waals surface area contributed by atoms with Crippen LogP contribution in [0.15, 0.2) is 61.3 Å². The Labute approximate surface area is 121 Å². The van der Waals surface area contributed by atoms with E-state index in [2.05, 4.69) is 15.0 Å². The Kier molecular flexibility index (Phi) is 3.39. The van der Waals surface area contributed by atoms with Crippen molar-refractivity contribution in [3.63, 3.8) is 0 Å². The molecule has 21 heavy (non-hydrogen) atoms. The molecule has 0 aliphatic heterocycles. The third-order valence-corrected chi connectivity index (χ3v) is 3.08. The molecule has 0 aliphatic carbocycles. The third-order valence-electron chi connectivity index (χ3n) is 3.08. The van der Waals surface area contributed by atoms with Gasteiger partial charge in [0.05, 0.1) is 11.3 Å². The molecule has 3 aromatic rings. The number of aromatic carboxylic acids is 1. The first-order valence-corrected chi connectivity index (χ1v) is 6.30. The summed E-state index contributed by atoms with van der Waals surface area (Å²) in [5, 5.41) is 9.33. The average molecular weight is 277 g/mol. The molecule has 0 atom stereocenters. The Hall–Kier alpha value is -3.08. The number of carbonyl (C=O) groups is 1. The van der Waals surface area contributed by atoms with Gasteiger partial charge in [0.2, 0.25) is 0 Å². The molecule has 5 nitrogen and oxygen atoms in total. The van der Waals surface area contributed by atoms with Gasteiger partial charge in [0.25, 0.3) is 0 Å². The van der Waals surface area contributed by atoms with Crippen molar-refractivity contribution >= 4 is 5.97 Å². The predicted octanol–water partition coefficient (Wildman–Crippen LogP) is 2.90. The average Bonchev–Trinajstić information content (AvgIpc) is 2.55. The number of carboxylic acids is 1. The van der Waals surface area contributed by atoms with Crippen LogP contribution < -0.4 is 0 Å². The van der Waals surface area contributed by atoms with E-state index in [-0.39, 0.29) is 5.56 Å². The van der Waals surface area contributed by atoms with Crippen LogP contribution >= 0.6 is 0 Å². The largest absolute Gasteiger partial charge is 0.478 e. The smallest absolute Gasteiger partial charge is 0.336 e. The minimum Gasteiger partial charge on any atom is -0.478 e. The standard InChI is InChI=1S/C16H11N3O2/c20-16(21)13-5-8-18-10-14(13)12-4-2-7-19-15(12)11-3-1-6-17-9-11/h1-10H,(H,20,21). The fourth-order valence-corrected chi connectivity index (χ4v) is 2.15. The molecular weight excluding hydrogens is 266 g/mol. The minimum atomic E-state index is -0.992. The molecule has 102 valence electrons. The zero-order valence-corrected chi connectivity index (χ0v) is 11.0. The van der Waals surface area contributed by atoms with Crippen LogP contribution in [-0.2, 0) is 0 Å². The van der Waals surface area contributed by atoms with Crippen molar-refractivity contribution in [1.29, 1.82) is 0 Å². The molecule has 0 aromatic carbocycles. The molecule has 0 saturated heterocycles. The maximum atomic E-state index is 11.4. The summed E-state index contributed by atoms with van der Waals surface area (Å²) >= 11 is 0. The third kappa shape index (κ3) is 2.49. The lowest BCUT2D eigenvalue weighted by Crippen LogP contribution is -2.01. The molecule has 0 aliphatic rings. The van der Waals surface area contributed by atoms with Gasteiger partial charge in [-0.3, -0.25) is 15.0 Å². The number of rotatable bonds is 3. The maximum Gasteiger partial charge on any atom is 0.336 e. The lowest BCUT2D eigenvalue weighted by Gasteiger charge is -2.10. The van der Waals surface area contributed by atoms with Crippen LogP contribution in [0.3, 0.4) is 0 Å². The second-order valence-electron chi connectivity index (χ2n) is 4.37. The normalized spacial score (nSPS) is 10.3. The van der Waals surface area contributed by atoms with Crippen molar-refractivity contribution in [2.45, 2.75) is 0 Å². The van der Waals surface area contributed by atoms with Crippen LogP contribution in [-0.4, -0.2) is 26.0 Å². The summed E-state index contributed by atoms with van der Waals surface area (Å²) < 4.78 is 0. The second-order valence-corrected chi connectivity index (χ2v) is 4.37. The van der Waals surface area contributed by atoms with E-state index >= 15 is 0 Å². The van der Waals surface area contributed by atoms with E-state index in [1.54, 1.807) is 30.9 Å². The Morgan fingerprint density at radius 2 is 1.71 bits per heavy atom. The fourth-order valence-electron chi connectivity index (χ4n) is 2.15. The number of hydrogen-bond acceptors (Lipinski definition) is 4. The lowest BCUT2D eigenvalue weighted by atomic mass is 9.98. The number of pyridine rings is 3. The molecule has 0 unspecified atom stereocenters. The highest BCUT2D eigenvalue weighted by atomic mass is 16.4. The molecule has 3 rings (SSSR count). The molecule has 3 aromatic heterocycles. The van der Waals surface area contributed by atoms with E-state index in [4.69, 9.17) is 0 Å². The first-order chi connectivity index (χ1) is 10.3. The van der Waals surface area contributed by atoms with Crippen LogP contribution in [0, 0.1) is 0 Å². The van der Waals surface area contributed by atoms with Gasteiger partial charge in [0.15, 0.2) is 0 Å². The Bertz CT molecular complexity index is 788. The molecule has 3 heterocycles. The summed E-state index contributed by atoms with van der Waals surface area (Å²) in [5.74, 6) is -0.992. The van der Waals surface area contributed by atoms with Crippen LogP contribution in [0.4, 0.5) is 0 Å². The topological polar surface area (TPSA) is 76.0 Å². The van der Waals surface area contributed by atoms with Crippen molar-refractivity contribution in [3.8, 4) is 22.4 Å². The first kappa shape index (κ1) is 12.9. The van der Waals surface area contributed by atoms with Gasteiger partial charge in [-0.15, -0.1) is 0 Å². The summed E-state index contributed by atoms with van der Waals surface area (Å²) in [5.41, 5.74) is 2.96. The molecule has 0 bridgehead atoms. The molecule has 0 radical (unpaired) electrons. The quantitative estimate of drug-likeness (QED) is 0.796. The van der Waals surface area contributed by atoms with E-state index in [0.717, 1.165) is 11.1 Å². The Balaban J connectivity index is 2.24. The number of carboxylic acid groups (broad SMARTS) is 1. The monoisotopic (exact) mass is 277 g/mol. The molecule has 0 spiro atoms. The number of nitrogens with zero attached hydrogens (tertiary/aromatic N) is 3. The molecule has 0 saturated carbocycles. The van der Waals surface area contributed by atoms with Crippen molar-refractivity contribution in [2.24, 2.45) is 0 Å². The summed E-state index contributed by atoms with van der Waals surface area (Å²) in [6.07, 6.45) is 8.05. The van der Waals surface area contributed by atoms with Crippen molar-refractivity contribution in [3.05, 3.63) is 66.9 Å². The van der Waals surface area contributed by atoms with Crippen LogP contribution in [0.1, 0.15) is 10.4 Å². The summed E-state index contributed by atoms with van der Waals surface area (Å²) in [4.78, 5) is 23.9. The highest BCUT2D eigenvalue weighted by Crippen LogP contribution is 2.31. The second kappa shape index (κ2) is 5.50. The SMILES string of the molecule is O=C(O)c1ccncc1-c1cccnc1-c1cccnc1. The molecule has 0 amide bonds. The summed E-state index contributed by atoms with van der Waals surface area (Å²) in [6.45, 7) is 0. The van der Waals surface area contributed by atoms with Gasteiger partial charge in [-0.1, -0.05) is 6.07 Å². The van der Waals surface area contributed by atoms with E-state index < -0.39 is 5.97 Å². The first-order valence-electron chi connectivity index (χ1n) is 6.30. The molecular formula is C16H11N3O2. The zero-order valence-electron chi connectivity index (χ0n) is 11.0. The number of aromatic nitrogens is 3. The number of hydrogen-bond donors (Lipinski definition) is 1. The highest BCUT2D eigenvalue weighted by molar-refractivity contribution is 5.97. The van der Waals surface area contributed by atoms with Gasteiger partial charge in [0.1, 0.15) is 0 Å². The van der Waals surface area contributed by atoms with E-state index in [1.807, 2.05) is 18.2 Å². The maximum absolute atomic E-state index is 11.4. The van der Waals surface area contributed by atoms with Gasteiger partial charge < -0.3 is 5.11 Å². The summed E-state index contributed by atoms with van der Waals surface area (Å²) in [7, 11) is 0.